The summed E-state index contributed by atoms with van der Waals surface area (Å²) in [5.74, 6) is 0.00870. The average molecular weight is 198 g/mol. The second kappa shape index (κ2) is 4.81. The fourth-order valence-electron chi connectivity index (χ4n) is 1.84. The Bertz CT molecular complexity index is 188. The van der Waals surface area contributed by atoms with Gasteiger partial charge in [-0.05, 0) is 45.4 Å². The third-order valence-corrected chi connectivity index (χ3v) is 3.63. The molecule has 0 aliphatic heterocycles. The van der Waals surface area contributed by atoms with E-state index in [2.05, 4.69) is 13.8 Å². The molecule has 0 bridgehead atoms. The molecule has 1 aliphatic rings. The summed E-state index contributed by atoms with van der Waals surface area (Å²) in [4.78, 5) is 11.9. The molecule has 2 nitrogen and oxygen atoms in total. The van der Waals surface area contributed by atoms with Crippen LogP contribution in [0.25, 0.3) is 0 Å². The number of rotatable bonds is 4. The van der Waals surface area contributed by atoms with Crippen molar-refractivity contribution in [3.8, 4) is 0 Å². The molecule has 0 saturated heterocycles. The van der Waals surface area contributed by atoms with Crippen molar-refractivity contribution in [1.29, 1.82) is 0 Å². The van der Waals surface area contributed by atoms with Crippen LogP contribution >= 0.6 is 0 Å². The van der Waals surface area contributed by atoms with Crippen molar-refractivity contribution < 1.29 is 9.53 Å². The SMILES string of the molecule is CCC(C)(CC)C(=O)OC1CCCC1. The molecule has 0 atom stereocenters. The Morgan fingerprint density at radius 1 is 1.29 bits per heavy atom. The molecule has 0 N–H and O–H groups in total. The Balaban J connectivity index is 2.46. The minimum atomic E-state index is -0.261. The fraction of sp³-hybridized carbons (Fsp3) is 0.917. The standard InChI is InChI=1S/C12H22O2/c1-4-12(3,5-2)11(13)14-10-8-6-7-9-10/h10H,4-9H2,1-3H3. The van der Waals surface area contributed by atoms with Crippen LogP contribution in [0.15, 0.2) is 0 Å². The molecule has 0 aromatic carbocycles. The van der Waals surface area contributed by atoms with E-state index in [9.17, 15) is 4.79 Å². The van der Waals surface area contributed by atoms with Crippen molar-refractivity contribution in [1.82, 2.24) is 0 Å². The normalized spacial score (nSPS) is 18.5. The maximum Gasteiger partial charge on any atom is 0.312 e. The van der Waals surface area contributed by atoms with Gasteiger partial charge >= 0.3 is 5.97 Å². The van der Waals surface area contributed by atoms with Crippen LogP contribution in [0, 0.1) is 5.41 Å². The van der Waals surface area contributed by atoms with Gasteiger partial charge in [0.15, 0.2) is 0 Å². The van der Waals surface area contributed by atoms with E-state index in [1.165, 1.54) is 12.8 Å². The number of hydrogen-bond donors (Lipinski definition) is 0. The summed E-state index contributed by atoms with van der Waals surface area (Å²) < 4.78 is 5.52. The third-order valence-electron chi connectivity index (χ3n) is 3.63. The number of esters is 1. The van der Waals surface area contributed by atoms with E-state index in [4.69, 9.17) is 4.74 Å². The van der Waals surface area contributed by atoms with E-state index in [1.807, 2.05) is 6.92 Å². The largest absolute Gasteiger partial charge is 0.462 e. The van der Waals surface area contributed by atoms with Gasteiger partial charge in [0.2, 0.25) is 0 Å². The number of hydrogen-bond acceptors (Lipinski definition) is 2. The summed E-state index contributed by atoms with van der Waals surface area (Å²) >= 11 is 0. The summed E-state index contributed by atoms with van der Waals surface area (Å²) in [6, 6.07) is 0. The molecule has 1 fully saturated rings. The molecule has 1 saturated carbocycles. The van der Waals surface area contributed by atoms with Crippen LogP contribution in [-0.4, -0.2) is 12.1 Å². The predicted octanol–water partition coefficient (Wildman–Crippen LogP) is 3.30. The summed E-state index contributed by atoms with van der Waals surface area (Å²) in [5, 5.41) is 0. The van der Waals surface area contributed by atoms with Gasteiger partial charge in [0.25, 0.3) is 0 Å². The molecule has 0 aromatic heterocycles. The van der Waals surface area contributed by atoms with E-state index >= 15 is 0 Å². The molecular formula is C12H22O2. The molecule has 0 amide bonds. The monoisotopic (exact) mass is 198 g/mol. The van der Waals surface area contributed by atoms with Gasteiger partial charge in [0.05, 0.1) is 5.41 Å². The Hall–Kier alpha value is -0.530. The van der Waals surface area contributed by atoms with Gasteiger partial charge < -0.3 is 4.74 Å². The Labute approximate surface area is 87.0 Å². The van der Waals surface area contributed by atoms with E-state index in [1.54, 1.807) is 0 Å². The smallest absolute Gasteiger partial charge is 0.312 e. The average Bonchev–Trinajstić information content (AvgIpc) is 2.69. The Morgan fingerprint density at radius 2 is 1.79 bits per heavy atom. The van der Waals surface area contributed by atoms with Crippen LogP contribution < -0.4 is 0 Å². The lowest BCUT2D eigenvalue weighted by molar-refractivity contribution is -0.160. The fourth-order valence-corrected chi connectivity index (χ4v) is 1.84. The van der Waals surface area contributed by atoms with Crippen molar-refractivity contribution in [2.24, 2.45) is 5.41 Å². The topological polar surface area (TPSA) is 26.3 Å². The molecular weight excluding hydrogens is 176 g/mol. The molecule has 0 unspecified atom stereocenters. The highest BCUT2D eigenvalue weighted by molar-refractivity contribution is 5.76. The number of carbonyl (C=O) groups is 1. The summed E-state index contributed by atoms with van der Waals surface area (Å²) in [5.41, 5.74) is -0.261. The molecule has 2 heteroatoms. The highest BCUT2D eigenvalue weighted by Gasteiger charge is 2.33. The van der Waals surface area contributed by atoms with Crippen LogP contribution in [0.3, 0.4) is 0 Å². The van der Waals surface area contributed by atoms with Gasteiger partial charge in [-0.25, -0.2) is 0 Å². The van der Waals surface area contributed by atoms with Gasteiger partial charge in [-0.3, -0.25) is 4.79 Å². The molecule has 1 aliphatic carbocycles. The van der Waals surface area contributed by atoms with Crippen LogP contribution in [0.4, 0.5) is 0 Å². The lowest BCUT2D eigenvalue weighted by Gasteiger charge is -2.26. The van der Waals surface area contributed by atoms with E-state index < -0.39 is 0 Å². The van der Waals surface area contributed by atoms with Crippen LogP contribution in [0.5, 0.6) is 0 Å². The maximum absolute atomic E-state index is 11.9. The lowest BCUT2D eigenvalue weighted by atomic mass is 9.85. The highest BCUT2D eigenvalue weighted by Crippen LogP contribution is 2.30. The van der Waals surface area contributed by atoms with Gasteiger partial charge in [-0.1, -0.05) is 13.8 Å². The van der Waals surface area contributed by atoms with Gasteiger partial charge in [0, 0.05) is 0 Å². The predicted molar refractivity (Wildman–Crippen MR) is 57.0 cm³/mol. The Kier molecular flexibility index (Phi) is 3.97. The number of ether oxygens (including phenoxy) is 1. The Morgan fingerprint density at radius 3 is 2.21 bits per heavy atom. The molecule has 0 aromatic rings. The highest BCUT2D eigenvalue weighted by atomic mass is 16.5. The minimum absolute atomic E-state index is 0.00870. The second-order valence-corrected chi connectivity index (χ2v) is 4.58. The van der Waals surface area contributed by atoms with Gasteiger partial charge in [-0.15, -0.1) is 0 Å². The van der Waals surface area contributed by atoms with Crippen molar-refractivity contribution >= 4 is 5.97 Å². The zero-order valence-electron chi connectivity index (χ0n) is 9.64. The van der Waals surface area contributed by atoms with Crippen LogP contribution in [0.1, 0.15) is 59.3 Å². The van der Waals surface area contributed by atoms with Crippen LogP contribution in [-0.2, 0) is 9.53 Å². The molecule has 0 spiro atoms. The van der Waals surface area contributed by atoms with Gasteiger partial charge in [-0.2, -0.15) is 0 Å². The first-order valence-electron chi connectivity index (χ1n) is 5.83. The molecule has 0 radical (unpaired) electrons. The van der Waals surface area contributed by atoms with E-state index in [0.717, 1.165) is 25.7 Å². The van der Waals surface area contributed by atoms with Crippen molar-refractivity contribution in [2.45, 2.75) is 65.4 Å². The quantitative estimate of drug-likeness (QED) is 0.648. The van der Waals surface area contributed by atoms with Crippen molar-refractivity contribution in [3.05, 3.63) is 0 Å². The minimum Gasteiger partial charge on any atom is -0.462 e. The lowest BCUT2D eigenvalue weighted by Crippen LogP contribution is -2.31. The zero-order chi connectivity index (χ0) is 10.6. The van der Waals surface area contributed by atoms with Crippen LogP contribution in [0.2, 0.25) is 0 Å². The van der Waals surface area contributed by atoms with E-state index in [-0.39, 0.29) is 17.5 Å². The first kappa shape index (κ1) is 11.5. The summed E-state index contributed by atoms with van der Waals surface area (Å²) in [6.45, 7) is 6.11. The summed E-state index contributed by atoms with van der Waals surface area (Å²) in [6.07, 6.45) is 6.51. The maximum atomic E-state index is 11.9. The van der Waals surface area contributed by atoms with Crippen molar-refractivity contribution in [2.75, 3.05) is 0 Å². The van der Waals surface area contributed by atoms with Crippen molar-refractivity contribution in [3.63, 3.8) is 0 Å². The molecule has 82 valence electrons. The first-order chi connectivity index (χ1) is 6.62. The van der Waals surface area contributed by atoms with E-state index in [0.29, 0.717) is 0 Å². The first-order valence-corrected chi connectivity index (χ1v) is 5.83. The number of carbonyl (C=O) groups excluding carboxylic acids is 1. The molecule has 1 rings (SSSR count). The molecule has 14 heavy (non-hydrogen) atoms. The summed E-state index contributed by atoms with van der Waals surface area (Å²) in [7, 11) is 0. The third kappa shape index (κ3) is 2.49. The zero-order valence-corrected chi connectivity index (χ0v) is 9.64. The second-order valence-electron chi connectivity index (χ2n) is 4.58. The van der Waals surface area contributed by atoms with Gasteiger partial charge in [0.1, 0.15) is 6.10 Å². The molecule has 0 heterocycles.